The molecule has 0 spiro atoms. The second-order valence-corrected chi connectivity index (χ2v) is 34.9. The van der Waals surface area contributed by atoms with Crippen molar-refractivity contribution in [2.75, 3.05) is 9.80 Å². The van der Waals surface area contributed by atoms with Gasteiger partial charge < -0.3 is 0 Å². The number of para-hydroxylation sites is 2. The van der Waals surface area contributed by atoms with Gasteiger partial charge in [0, 0.05) is 0 Å². The molecule has 0 saturated carbocycles. The minimum atomic E-state index is -5.24. The van der Waals surface area contributed by atoms with Gasteiger partial charge in [-0.3, -0.25) is 0 Å². The zero-order valence-electron chi connectivity index (χ0n) is 19.0. The van der Waals surface area contributed by atoms with Gasteiger partial charge in [-0.25, -0.2) is 0 Å². The molecule has 8 rings (SSSR count). The van der Waals surface area contributed by atoms with E-state index in [0.717, 1.165) is 55.4 Å². The molecule has 36 heavy (non-hydrogen) atoms. The van der Waals surface area contributed by atoms with Gasteiger partial charge in [0.25, 0.3) is 0 Å². The molecule has 3 aliphatic heterocycles. The van der Waals surface area contributed by atoms with Crippen LogP contribution >= 0.6 is 17.0 Å². The molecule has 0 atom stereocenters. The van der Waals surface area contributed by atoms with Crippen LogP contribution in [-0.4, -0.2) is 16.4 Å². The number of hydrogen-bond donors (Lipinski definition) is 0. The summed E-state index contributed by atoms with van der Waals surface area (Å²) in [5.74, 6) is 1.51. The van der Waals surface area contributed by atoms with Crippen LogP contribution in [-0.2, 0) is 0 Å². The predicted molar refractivity (Wildman–Crippen MR) is 152 cm³/mol. The molecule has 0 aliphatic carbocycles. The summed E-state index contributed by atoms with van der Waals surface area (Å²) in [5, 5.41) is 0. The topological polar surface area (TPSA) is 15.7 Å². The van der Waals surface area contributed by atoms with Gasteiger partial charge in [0.1, 0.15) is 0 Å². The summed E-state index contributed by atoms with van der Waals surface area (Å²) in [6, 6.07) is 39.5. The maximum absolute atomic E-state index is 8.16. The van der Waals surface area contributed by atoms with E-state index in [1.54, 1.807) is 0 Å². The van der Waals surface area contributed by atoms with Crippen LogP contribution in [0.1, 0.15) is 0 Å². The Balaban J connectivity index is 1.59. The Morgan fingerprint density at radius 3 is 1.28 bits per heavy atom. The number of anilines is 6. The van der Waals surface area contributed by atoms with E-state index < -0.39 is 16.4 Å². The van der Waals surface area contributed by atoms with Gasteiger partial charge in [0.2, 0.25) is 0 Å². The van der Waals surface area contributed by atoms with Crippen molar-refractivity contribution in [2.45, 2.75) is 0 Å². The van der Waals surface area contributed by atoms with E-state index in [0.29, 0.717) is 0 Å². The fourth-order valence-electron chi connectivity index (χ4n) is 6.04. The van der Waals surface area contributed by atoms with Crippen molar-refractivity contribution >= 4 is 77.4 Å². The van der Waals surface area contributed by atoms with Gasteiger partial charge in [-0.15, -0.1) is 0 Å². The molecule has 0 amide bonds. The van der Waals surface area contributed by atoms with Crippen LogP contribution in [0.25, 0.3) is 0 Å². The van der Waals surface area contributed by atoms with E-state index in [2.05, 4.69) is 88.7 Å². The van der Waals surface area contributed by atoms with Crippen molar-refractivity contribution in [3.05, 3.63) is 115 Å². The minimum absolute atomic E-state index is 0.754. The van der Waals surface area contributed by atoms with Gasteiger partial charge >= 0.3 is 219 Å². The Morgan fingerprint density at radius 2 is 0.833 bits per heavy atom. The number of rotatable bonds is 2. The van der Waals surface area contributed by atoms with E-state index in [9.17, 15) is 0 Å². The van der Waals surface area contributed by atoms with Gasteiger partial charge in [0.15, 0.2) is 0 Å². The van der Waals surface area contributed by atoms with Gasteiger partial charge in [-0.2, -0.15) is 0 Å². The number of hydrogen-bond acceptors (Lipinski definition) is 3. The first kappa shape index (κ1) is 21.1. The molecule has 0 saturated heterocycles. The van der Waals surface area contributed by atoms with Crippen molar-refractivity contribution in [1.29, 1.82) is 0 Å². The molecule has 0 fully saturated rings. The molecule has 0 radical (unpaired) electrons. The maximum atomic E-state index is 8.16. The molecule has 0 unspecified atom stereocenters. The summed E-state index contributed by atoms with van der Waals surface area (Å²) in [6.07, 6.45) is 0. The van der Waals surface area contributed by atoms with Gasteiger partial charge in [0.05, 0.1) is 0 Å². The van der Waals surface area contributed by atoms with Crippen molar-refractivity contribution in [3.8, 4) is 11.5 Å². The molecular formula is C30H19BiCl2N2O. The number of ether oxygens (including phenoxy) is 1. The number of benzene rings is 5. The first-order valence-electron chi connectivity index (χ1n) is 11.8. The molecule has 5 aromatic carbocycles. The standard InChI is InChI=1S/C30H19N2O.Bi.2ClH/c1-3-10-23(11-4-1)31-25-14-7-15-26(20-25)32(24-12-5-2-6-13-24)28-17-9-19-30(22-28)33-29-18-8-16-27(31)21-29;;;/h1-19H;;2*1H/q;+2;;/p-2. The Labute approximate surface area is 217 Å². The molecule has 5 aromatic rings. The Kier molecular flexibility index (Phi) is 4.13. The normalized spacial score (nSPS) is 17.9. The van der Waals surface area contributed by atoms with Crippen molar-refractivity contribution < 1.29 is 4.74 Å². The van der Waals surface area contributed by atoms with Crippen molar-refractivity contribution in [1.82, 2.24) is 0 Å². The first-order valence-corrected chi connectivity index (χ1v) is 25.6. The van der Waals surface area contributed by atoms with E-state index >= 15 is 0 Å². The fraction of sp³-hybridized carbons (Fsp3) is 0. The molecule has 0 bridgehead atoms. The quantitative estimate of drug-likeness (QED) is 0.177. The monoisotopic (exact) mass is 702 g/mol. The van der Waals surface area contributed by atoms with Crippen LogP contribution in [0.2, 0.25) is 0 Å². The third-order valence-corrected chi connectivity index (χ3v) is 30.7. The van der Waals surface area contributed by atoms with Crippen molar-refractivity contribution in [3.63, 3.8) is 0 Å². The molecule has 0 aromatic heterocycles. The second kappa shape index (κ2) is 7.04. The molecular weight excluding hydrogens is 684 g/mol. The molecule has 3 nitrogen and oxygen atoms in total. The van der Waals surface area contributed by atoms with Crippen LogP contribution in [0, 0.1) is 0 Å². The van der Waals surface area contributed by atoms with E-state index in [-0.39, 0.29) is 0 Å². The Hall–Kier alpha value is -3.04. The Bertz CT molecular complexity index is 1600. The molecule has 0 N–H and O–H groups in total. The summed E-state index contributed by atoms with van der Waals surface area (Å²) in [7, 11) is 16.3. The third-order valence-electron chi connectivity index (χ3n) is 7.34. The predicted octanol–water partition coefficient (Wildman–Crippen LogP) is 7.25. The average molecular weight is 703 g/mol. The third kappa shape index (κ3) is 2.43. The van der Waals surface area contributed by atoms with Crippen LogP contribution in [0.4, 0.5) is 34.1 Å². The Morgan fingerprint density at radius 1 is 0.444 bits per heavy atom. The van der Waals surface area contributed by atoms with Crippen LogP contribution in [0.15, 0.2) is 115 Å². The molecule has 6 heteroatoms. The first-order chi connectivity index (χ1) is 17.6. The zero-order chi connectivity index (χ0) is 24.1. The van der Waals surface area contributed by atoms with E-state index in [1.165, 1.54) is 0 Å². The summed E-state index contributed by atoms with van der Waals surface area (Å²) in [4.78, 5) is 4.57. The van der Waals surface area contributed by atoms with Gasteiger partial charge in [-0.1, -0.05) is 0 Å². The van der Waals surface area contributed by atoms with Crippen LogP contribution in [0.3, 0.4) is 0 Å². The van der Waals surface area contributed by atoms with E-state index in [4.69, 9.17) is 21.8 Å². The summed E-state index contributed by atoms with van der Waals surface area (Å²) in [5.41, 5.74) is 6.17. The molecule has 174 valence electrons. The van der Waals surface area contributed by atoms with Crippen molar-refractivity contribution in [2.24, 2.45) is 0 Å². The average Bonchev–Trinajstić information content (AvgIpc) is 2.90. The second-order valence-electron chi connectivity index (χ2n) is 9.24. The summed E-state index contributed by atoms with van der Waals surface area (Å²) < 4.78 is 9.55. The molecule has 3 aliphatic rings. The number of nitrogens with zero attached hydrogens (tertiary/aromatic N) is 2. The van der Waals surface area contributed by atoms with Crippen LogP contribution in [0.5, 0.6) is 11.5 Å². The number of halogens is 2. The molecule has 3 heterocycles. The SMILES string of the molecule is [Cl][Bi]12([Cl])[c]3c4cccc3N(c3ccccc3)c3cccc([c]31)N(c1ccccc1)c1cccc([c]12)O4. The summed E-state index contributed by atoms with van der Waals surface area (Å²) >= 11 is -5.24. The van der Waals surface area contributed by atoms with Gasteiger partial charge in [-0.05, 0) is 0 Å². The summed E-state index contributed by atoms with van der Waals surface area (Å²) in [6.45, 7) is 0. The fourth-order valence-corrected chi connectivity index (χ4v) is 30.6. The zero-order valence-corrected chi connectivity index (χ0v) is 24.0. The van der Waals surface area contributed by atoms with Crippen LogP contribution < -0.4 is 24.4 Å². The van der Waals surface area contributed by atoms with E-state index in [1.807, 2.05) is 36.4 Å².